The fourth-order valence-electron chi connectivity index (χ4n) is 3.13. The summed E-state index contributed by atoms with van der Waals surface area (Å²) in [5, 5.41) is 6.75. The molecule has 3 aromatic rings. The van der Waals surface area contributed by atoms with Crippen LogP contribution < -0.4 is 24.3 Å². The molecule has 0 atom stereocenters. The van der Waals surface area contributed by atoms with Gasteiger partial charge in [-0.1, -0.05) is 25.1 Å². The maximum atomic E-state index is 12.6. The van der Waals surface area contributed by atoms with Crippen LogP contribution in [-0.4, -0.2) is 39.0 Å². The summed E-state index contributed by atoms with van der Waals surface area (Å²) in [6, 6.07) is 12.5. The zero-order chi connectivity index (χ0) is 23.8. The lowest BCUT2D eigenvalue weighted by Gasteiger charge is -2.13. The summed E-state index contributed by atoms with van der Waals surface area (Å²) in [6.07, 6.45) is 0.961. The van der Waals surface area contributed by atoms with Crippen molar-refractivity contribution in [2.75, 3.05) is 27.9 Å². The summed E-state index contributed by atoms with van der Waals surface area (Å²) >= 11 is 0. The molecule has 1 aromatic heterocycles. The monoisotopic (exact) mass is 454 g/mol. The van der Waals surface area contributed by atoms with Crippen LogP contribution in [0.3, 0.4) is 0 Å². The van der Waals surface area contributed by atoms with E-state index >= 15 is 0 Å². The van der Waals surface area contributed by atoms with Crippen molar-refractivity contribution in [1.82, 2.24) is 10.5 Å². The number of nitrogens with one attached hydrogen (secondary N) is 1. The van der Waals surface area contributed by atoms with Crippen LogP contribution in [0, 0.1) is 5.92 Å². The lowest BCUT2D eigenvalue weighted by molar-refractivity contribution is 0.0942. The molecule has 8 nitrogen and oxygen atoms in total. The van der Waals surface area contributed by atoms with Gasteiger partial charge in [-0.05, 0) is 48.2 Å². The van der Waals surface area contributed by atoms with Crippen molar-refractivity contribution in [3.05, 3.63) is 53.7 Å². The van der Waals surface area contributed by atoms with Gasteiger partial charge in [-0.2, -0.15) is 0 Å². The number of carbonyl (C=O) groups excluding carboxylic acids is 1. The number of aromatic nitrogens is 1. The maximum absolute atomic E-state index is 12.6. The van der Waals surface area contributed by atoms with E-state index in [1.54, 1.807) is 45.6 Å². The van der Waals surface area contributed by atoms with E-state index in [0.717, 1.165) is 12.0 Å². The van der Waals surface area contributed by atoms with Gasteiger partial charge in [0.1, 0.15) is 11.5 Å². The molecule has 0 fully saturated rings. The molecule has 3 rings (SSSR count). The van der Waals surface area contributed by atoms with Gasteiger partial charge in [-0.3, -0.25) is 4.79 Å². The quantitative estimate of drug-likeness (QED) is 0.448. The van der Waals surface area contributed by atoms with Gasteiger partial charge in [0, 0.05) is 12.6 Å². The van der Waals surface area contributed by atoms with Crippen molar-refractivity contribution in [1.29, 1.82) is 0 Å². The van der Waals surface area contributed by atoms with E-state index in [0.29, 0.717) is 53.4 Å². The van der Waals surface area contributed by atoms with E-state index in [4.69, 9.17) is 23.5 Å². The number of carbonyl (C=O) groups is 1. The first kappa shape index (κ1) is 24.0. The molecule has 176 valence electrons. The third-order valence-corrected chi connectivity index (χ3v) is 5.05. The van der Waals surface area contributed by atoms with E-state index in [1.807, 2.05) is 18.2 Å². The Hall–Kier alpha value is -3.68. The molecule has 0 radical (unpaired) electrons. The maximum Gasteiger partial charge on any atom is 0.273 e. The highest BCUT2D eigenvalue weighted by Crippen LogP contribution is 2.34. The lowest BCUT2D eigenvalue weighted by atomic mass is 10.1. The number of rotatable bonds is 11. The zero-order valence-corrected chi connectivity index (χ0v) is 19.6. The second-order valence-electron chi connectivity index (χ2n) is 7.84. The first-order chi connectivity index (χ1) is 15.9. The summed E-state index contributed by atoms with van der Waals surface area (Å²) in [4.78, 5) is 12.6. The number of amides is 1. The highest BCUT2D eigenvalue weighted by atomic mass is 16.5. The molecule has 0 saturated heterocycles. The number of ether oxygens (including phenoxy) is 4. The van der Waals surface area contributed by atoms with E-state index in [1.165, 1.54) is 0 Å². The molecule has 0 spiro atoms. The Balaban J connectivity index is 1.66. The van der Waals surface area contributed by atoms with E-state index < -0.39 is 0 Å². The predicted octanol–water partition coefficient (Wildman–Crippen LogP) is 4.72. The Kier molecular flexibility index (Phi) is 8.18. The van der Waals surface area contributed by atoms with Gasteiger partial charge >= 0.3 is 0 Å². The summed E-state index contributed by atoms with van der Waals surface area (Å²) in [7, 11) is 4.73. The van der Waals surface area contributed by atoms with Crippen molar-refractivity contribution in [2.24, 2.45) is 5.92 Å². The number of hydrogen-bond donors (Lipinski definition) is 1. The second kappa shape index (κ2) is 11.3. The molecule has 8 heteroatoms. The number of methoxy groups -OCH3 is 3. The van der Waals surface area contributed by atoms with Gasteiger partial charge in [-0.25, -0.2) is 0 Å². The van der Waals surface area contributed by atoms with Gasteiger partial charge in [0.05, 0.1) is 33.5 Å². The van der Waals surface area contributed by atoms with Crippen LogP contribution in [0.4, 0.5) is 0 Å². The molecular weight excluding hydrogens is 424 g/mol. The van der Waals surface area contributed by atoms with Gasteiger partial charge in [-0.15, -0.1) is 0 Å². The molecule has 0 aliphatic heterocycles. The minimum Gasteiger partial charge on any atom is -0.497 e. The zero-order valence-electron chi connectivity index (χ0n) is 19.6. The second-order valence-corrected chi connectivity index (χ2v) is 7.84. The molecule has 1 heterocycles. The van der Waals surface area contributed by atoms with Crippen molar-refractivity contribution in [2.45, 2.75) is 26.8 Å². The van der Waals surface area contributed by atoms with Gasteiger partial charge in [0.15, 0.2) is 23.0 Å². The Morgan fingerprint density at radius 2 is 1.73 bits per heavy atom. The van der Waals surface area contributed by atoms with E-state index in [-0.39, 0.29) is 11.6 Å². The van der Waals surface area contributed by atoms with Crippen molar-refractivity contribution in [3.8, 4) is 34.3 Å². The Morgan fingerprint density at radius 3 is 2.42 bits per heavy atom. The summed E-state index contributed by atoms with van der Waals surface area (Å²) in [5.41, 5.74) is 1.67. The van der Waals surface area contributed by atoms with E-state index in [2.05, 4.69) is 24.3 Å². The number of benzene rings is 2. The van der Waals surface area contributed by atoms with Gasteiger partial charge in [0.2, 0.25) is 0 Å². The molecule has 1 amide bonds. The smallest absolute Gasteiger partial charge is 0.273 e. The highest BCUT2D eigenvalue weighted by Gasteiger charge is 2.17. The number of hydrogen-bond acceptors (Lipinski definition) is 7. The normalized spacial score (nSPS) is 10.7. The summed E-state index contributed by atoms with van der Waals surface area (Å²) < 4.78 is 27.3. The van der Waals surface area contributed by atoms with Crippen LogP contribution in [0.25, 0.3) is 11.3 Å². The SMILES string of the molecule is COc1ccc(OC)c(-c2cc(C(=O)NCc3ccc(OCCC(C)C)c(OC)c3)no2)c1. The van der Waals surface area contributed by atoms with Crippen molar-refractivity contribution >= 4 is 5.91 Å². The van der Waals surface area contributed by atoms with Crippen LogP contribution in [-0.2, 0) is 6.54 Å². The standard InChI is InChI=1S/C25H30N2O6/c1-16(2)10-11-32-22-8-6-17(12-24(22)31-5)15-26-25(28)20-14-23(33-27-20)19-13-18(29-3)7-9-21(19)30-4/h6-9,12-14,16H,10-11,15H2,1-5H3,(H,26,28). The third kappa shape index (κ3) is 6.19. The van der Waals surface area contributed by atoms with Gasteiger partial charge < -0.3 is 28.8 Å². The average molecular weight is 455 g/mol. The molecule has 0 aliphatic rings. The molecule has 0 aliphatic carbocycles. The molecular formula is C25H30N2O6. The first-order valence-electron chi connectivity index (χ1n) is 10.7. The summed E-state index contributed by atoms with van der Waals surface area (Å²) in [6.45, 7) is 5.22. The minimum atomic E-state index is -0.358. The molecule has 1 N–H and O–H groups in total. The first-order valence-corrected chi connectivity index (χ1v) is 10.7. The topological polar surface area (TPSA) is 92.1 Å². The average Bonchev–Trinajstić information content (AvgIpc) is 3.32. The van der Waals surface area contributed by atoms with Crippen molar-refractivity contribution in [3.63, 3.8) is 0 Å². The van der Waals surface area contributed by atoms with E-state index in [9.17, 15) is 4.79 Å². The summed E-state index contributed by atoms with van der Waals surface area (Å²) in [5.74, 6) is 3.14. The molecule has 0 bridgehead atoms. The van der Waals surface area contributed by atoms with Crippen LogP contribution in [0.15, 0.2) is 47.0 Å². The molecule has 33 heavy (non-hydrogen) atoms. The minimum absolute atomic E-state index is 0.162. The fraction of sp³-hybridized carbons (Fsp3) is 0.360. The Morgan fingerprint density at radius 1 is 0.970 bits per heavy atom. The number of nitrogens with zero attached hydrogens (tertiary/aromatic N) is 1. The third-order valence-electron chi connectivity index (χ3n) is 5.05. The largest absolute Gasteiger partial charge is 0.497 e. The predicted molar refractivity (Wildman–Crippen MR) is 124 cm³/mol. The molecule has 0 saturated carbocycles. The van der Waals surface area contributed by atoms with Crippen LogP contribution >= 0.6 is 0 Å². The van der Waals surface area contributed by atoms with Gasteiger partial charge in [0.25, 0.3) is 5.91 Å². The van der Waals surface area contributed by atoms with Crippen LogP contribution in [0.1, 0.15) is 36.3 Å². The van der Waals surface area contributed by atoms with Crippen molar-refractivity contribution < 1.29 is 28.3 Å². The molecule has 0 unspecified atom stereocenters. The Labute approximate surface area is 193 Å². The fourth-order valence-corrected chi connectivity index (χ4v) is 3.13. The van der Waals surface area contributed by atoms with Crippen LogP contribution in [0.2, 0.25) is 0 Å². The highest BCUT2D eigenvalue weighted by molar-refractivity contribution is 5.93. The lowest BCUT2D eigenvalue weighted by Crippen LogP contribution is -2.23. The molecule has 2 aromatic carbocycles. The van der Waals surface area contributed by atoms with Crippen LogP contribution in [0.5, 0.6) is 23.0 Å². The Bertz CT molecular complexity index is 1080.